The van der Waals surface area contributed by atoms with Crippen molar-refractivity contribution in [2.75, 3.05) is 4.90 Å². The highest BCUT2D eigenvalue weighted by Crippen LogP contribution is 2.43. The van der Waals surface area contributed by atoms with Gasteiger partial charge in [0, 0.05) is 33.2 Å². The van der Waals surface area contributed by atoms with Crippen LogP contribution in [0.2, 0.25) is 0 Å². The standard InChI is InChI=1S/C49H31N3/c50-32-33-17-25-40(26-18-33)51(41-27-21-34-9-4-5-10-38(34)31-41)45-29-23-35(42-14-6-7-15-44(42)45)19-20-36-24-30-47-49-43(36)28-22-37-11-8-16-46(48(37)49)52(47)39-12-2-1-3-13-39/h1-31H/b20-19+. The molecule has 0 aliphatic rings. The van der Waals surface area contributed by atoms with Crippen LogP contribution in [0.4, 0.5) is 17.1 Å². The fourth-order valence-corrected chi connectivity index (χ4v) is 7.97. The molecule has 0 saturated heterocycles. The van der Waals surface area contributed by atoms with Gasteiger partial charge in [-0.2, -0.15) is 5.26 Å². The van der Waals surface area contributed by atoms with E-state index in [0.29, 0.717) is 5.56 Å². The van der Waals surface area contributed by atoms with Crippen molar-refractivity contribution in [3.8, 4) is 11.8 Å². The first kappa shape index (κ1) is 29.7. The lowest BCUT2D eigenvalue weighted by Gasteiger charge is -2.27. The third kappa shape index (κ3) is 4.74. The zero-order valence-electron chi connectivity index (χ0n) is 28.2. The van der Waals surface area contributed by atoms with Crippen LogP contribution in [0.25, 0.3) is 72.0 Å². The summed E-state index contributed by atoms with van der Waals surface area (Å²) in [6.45, 7) is 0. The van der Waals surface area contributed by atoms with Gasteiger partial charge in [-0.25, -0.2) is 0 Å². The van der Waals surface area contributed by atoms with Crippen molar-refractivity contribution in [1.82, 2.24) is 4.57 Å². The highest BCUT2D eigenvalue weighted by atomic mass is 15.1. The Morgan fingerprint density at radius 1 is 0.462 bits per heavy atom. The van der Waals surface area contributed by atoms with Gasteiger partial charge >= 0.3 is 0 Å². The number of fused-ring (bicyclic) bond motifs is 2. The fraction of sp³-hybridized carbons (Fsp3) is 0. The van der Waals surface area contributed by atoms with Gasteiger partial charge in [-0.15, -0.1) is 0 Å². The van der Waals surface area contributed by atoms with E-state index in [4.69, 9.17) is 0 Å². The van der Waals surface area contributed by atoms with Gasteiger partial charge in [-0.05, 0) is 105 Å². The maximum Gasteiger partial charge on any atom is 0.0991 e. The highest BCUT2D eigenvalue weighted by molar-refractivity contribution is 6.25. The van der Waals surface area contributed by atoms with Crippen molar-refractivity contribution >= 4 is 83.3 Å². The van der Waals surface area contributed by atoms with Gasteiger partial charge < -0.3 is 9.47 Å². The molecule has 52 heavy (non-hydrogen) atoms. The minimum Gasteiger partial charge on any atom is -0.310 e. The molecule has 1 heterocycles. The third-order valence-electron chi connectivity index (χ3n) is 10.4. The van der Waals surface area contributed by atoms with Crippen LogP contribution in [-0.2, 0) is 0 Å². The quantitative estimate of drug-likeness (QED) is 0.131. The van der Waals surface area contributed by atoms with Crippen LogP contribution in [-0.4, -0.2) is 4.57 Å². The van der Waals surface area contributed by atoms with Crippen LogP contribution in [0.3, 0.4) is 0 Å². The van der Waals surface area contributed by atoms with E-state index in [1.54, 1.807) is 0 Å². The number of anilines is 3. The Morgan fingerprint density at radius 3 is 1.94 bits per heavy atom. The van der Waals surface area contributed by atoms with E-state index < -0.39 is 0 Å². The summed E-state index contributed by atoms with van der Waals surface area (Å²) in [6.07, 6.45) is 4.52. The lowest BCUT2D eigenvalue weighted by Crippen LogP contribution is -2.10. The molecule has 0 N–H and O–H groups in total. The van der Waals surface area contributed by atoms with Crippen LogP contribution in [0.5, 0.6) is 0 Å². The molecule has 0 aliphatic carbocycles. The largest absolute Gasteiger partial charge is 0.310 e. The second-order valence-corrected chi connectivity index (χ2v) is 13.3. The van der Waals surface area contributed by atoms with Gasteiger partial charge in [-0.3, -0.25) is 0 Å². The van der Waals surface area contributed by atoms with E-state index in [-0.39, 0.29) is 0 Å². The van der Waals surface area contributed by atoms with E-state index in [1.165, 1.54) is 60.0 Å². The summed E-state index contributed by atoms with van der Waals surface area (Å²) in [6, 6.07) is 64.6. The van der Waals surface area contributed by atoms with Crippen molar-refractivity contribution in [2.45, 2.75) is 0 Å². The zero-order chi connectivity index (χ0) is 34.6. The first-order valence-electron chi connectivity index (χ1n) is 17.6. The van der Waals surface area contributed by atoms with Crippen LogP contribution in [0.15, 0.2) is 176 Å². The number of para-hydroxylation sites is 1. The number of nitrogens with zero attached hydrogens (tertiary/aromatic N) is 3. The Kier molecular flexibility index (Phi) is 6.87. The average molecular weight is 662 g/mol. The number of aromatic nitrogens is 1. The maximum absolute atomic E-state index is 9.53. The molecule has 0 amide bonds. The Hall–Kier alpha value is -7.15. The molecule has 1 aromatic heterocycles. The smallest absolute Gasteiger partial charge is 0.0991 e. The maximum atomic E-state index is 9.53. The summed E-state index contributed by atoms with van der Waals surface area (Å²) >= 11 is 0. The van der Waals surface area contributed by atoms with E-state index in [1.807, 2.05) is 24.3 Å². The normalized spacial score (nSPS) is 11.8. The zero-order valence-corrected chi connectivity index (χ0v) is 28.2. The Labute approximate surface area is 301 Å². The van der Waals surface area contributed by atoms with Crippen LogP contribution in [0.1, 0.15) is 16.7 Å². The predicted molar refractivity (Wildman–Crippen MR) is 219 cm³/mol. The Bertz CT molecular complexity index is 3020. The van der Waals surface area contributed by atoms with Gasteiger partial charge in [0.15, 0.2) is 0 Å². The van der Waals surface area contributed by atoms with Crippen molar-refractivity contribution in [2.24, 2.45) is 0 Å². The minimum absolute atomic E-state index is 0.639. The third-order valence-corrected chi connectivity index (χ3v) is 10.4. The Balaban J connectivity index is 1.12. The first-order chi connectivity index (χ1) is 25.7. The summed E-state index contributed by atoms with van der Waals surface area (Å²) in [7, 11) is 0. The monoisotopic (exact) mass is 661 g/mol. The van der Waals surface area contributed by atoms with E-state index >= 15 is 0 Å². The predicted octanol–water partition coefficient (Wildman–Crippen LogP) is 13.2. The molecule has 0 atom stereocenters. The molecule has 0 unspecified atom stereocenters. The van der Waals surface area contributed by atoms with Gasteiger partial charge in [0.05, 0.1) is 28.4 Å². The van der Waals surface area contributed by atoms with Crippen LogP contribution >= 0.6 is 0 Å². The van der Waals surface area contributed by atoms with Gasteiger partial charge in [0.1, 0.15) is 0 Å². The second kappa shape index (κ2) is 12.0. The molecule has 242 valence electrons. The number of rotatable bonds is 6. The molecule has 0 radical (unpaired) electrons. The van der Waals surface area contributed by atoms with Crippen LogP contribution < -0.4 is 4.90 Å². The van der Waals surface area contributed by atoms with Crippen molar-refractivity contribution in [3.05, 3.63) is 193 Å². The first-order valence-corrected chi connectivity index (χ1v) is 17.6. The lowest BCUT2D eigenvalue weighted by atomic mass is 9.97. The van der Waals surface area contributed by atoms with E-state index in [0.717, 1.165) is 28.0 Å². The summed E-state index contributed by atoms with van der Waals surface area (Å²) in [5.41, 5.74) is 9.73. The minimum atomic E-state index is 0.639. The molecular formula is C49H31N3. The van der Waals surface area contributed by atoms with E-state index in [2.05, 4.69) is 179 Å². The number of hydrogen-bond acceptors (Lipinski definition) is 2. The number of nitriles is 1. The molecule has 10 rings (SSSR count). The second-order valence-electron chi connectivity index (χ2n) is 13.3. The number of hydrogen-bond donors (Lipinski definition) is 0. The topological polar surface area (TPSA) is 32.0 Å². The van der Waals surface area contributed by atoms with Gasteiger partial charge in [-0.1, -0.05) is 121 Å². The lowest BCUT2D eigenvalue weighted by molar-refractivity contribution is 1.18. The SMILES string of the molecule is N#Cc1ccc(N(c2ccc3ccccc3c2)c2ccc(/C=C/c3ccc4c5c3ccc3cccc(c35)n4-c3ccccc3)c3ccccc23)cc1. The summed E-state index contributed by atoms with van der Waals surface area (Å²) < 4.78 is 2.39. The Morgan fingerprint density at radius 2 is 1.12 bits per heavy atom. The van der Waals surface area contributed by atoms with Crippen molar-refractivity contribution in [3.63, 3.8) is 0 Å². The average Bonchev–Trinajstić information content (AvgIpc) is 3.56. The van der Waals surface area contributed by atoms with Crippen molar-refractivity contribution < 1.29 is 0 Å². The molecule has 0 spiro atoms. The molecule has 0 aliphatic heterocycles. The fourth-order valence-electron chi connectivity index (χ4n) is 7.97. The summed E-state index contributed by atoms with van der Waals surface area (Å²) in [4.78, 5) is 2.30. The van der Waals surface area contributed by atoms with Gasteiger partial charge in [0.25, 0.3) is 0 Å². The number of benzene rings is 9. The molecule has 0 fully saturated rings. The van der Waals surface area contributed by atoms with Crippen LogP contribution in [0, 0.1) is 11.3 Å². The molecular weight excluding hydrogens is 631 g/mol. The van der Waals surface area contributed by atoms with Crippen molar-refractivity contribution in [1.29, 1.82) is 5.26 Å². The molecule has 9 aromatic carbocycles. The molecule has 3 nitrogen and oxygen atoms in total. The molecule has 3 heteroatoms. The molecule has 0 bridgehead atoms. The summed E-state index contributed by atoms with van der Waals surface area (Å²) in [5, 5.41) is 19.3. The van der Waals surface area contributed by atoms with Gasteiger partial charge in [0.2, 0.25) is 0 Å². The summed E-state index contributed by atoms with van der Waals surface area (Å²) in [5.74, 6) is 0. The highest BCUT2D eigenvalue weighted by Gasteiger charge is 2.19. The molecule has 0 saturated carbocycles. The van der Waals surface area contributed by atoms with E-state index in [9.17, 15) is 5.26 Å². The molecule has 10 aromatic rings.